The highest BCUT2D eigenvalue weighted by molar-refractivity contribution is 5.94. The third-order valence-electron chi connectivity index (χ3n) is 4.69. The van der Waals surface area contributed by atoms with Crippen LogP contribution in [0.3, 0.4) is 0 Å². The van der Waals surface area contributed by atoms with E-state index in [0.717, 1.165) is 27.6 Å². The van der Waals surface area contributed by atoms with Gasteiger partial charge in [-0.25, -0.2) is 9.97 Å². The summed E-state index contributed by atoms with van der Waals surface area (Å²) in [4.78, 5) is 21.1. The van der Waals surface area contributed by atoms with Gasteiger partial charge in [0.2, 0.25) is 0 Å². The number of nitrogens with one attached hydrogen (secondary N) is 1. The molecule has 0 saturated heterocycles. The lowest BCUT2D eigenvalue weighted by molar-refractivity contribution is 0.746. The minimum absolute atomic E-state index is 0.132. The Morgan fingerprint density at radius 2 is 1.85 bits per heavy atom. The van der Waals surface area contributed by atoms with Crippen molar-refractivity contribution in [3.8, 4) is 11.1 Å². The molecule has 0 spiro atoms. The average Bonchev–Trinajstić information content (AvgIpc) is 3.20. The van der Waals surface area contributed by atoms with Crippen LogP contribution in [0.25, 0.3) is 33.1 Å². The molecular formula is C21H15N5O. The van der Waals surface area contributed by atoms with Gasteiger partial charge < -0.3 is 0 Å². The van der Waals surface area contributed by atoms with Crippen molar-refractivity contribution in [1.82, 2.24) is 24.7 Å². The van der Waals surface area contributed by atoms with E-state index in [1.54, 1.807) is 29.2 Å². The summed E-state index contributed by atoms with van der Waals surface area (Å²) in [5, 5.41) is 8.20. The Hall–Kier alpha value is -3.80. The maximum atomic E-state index is 12.6. The fraction of sp³-hybridized carbons (Fsp3) is 0.0476. The molecule has 0 unspecified atom stereocenters. The lowest BCUT2D eigenvalue weighted by Gasteiger charge is -2.08. The van der Waals surface area contributed by atoms with Gasteiger partial charge in [-0.05, 0) is 34.9 Å². The van der Waals surface area contributed by atoms with Gasteiger partial charge in [-0.15, -0.1) is 0 Å². The predicted molar refractivity (Wildman–Crippen MR) is 104 cm³/mol. The second-order valence-corrected chi connectivity index (χ2v) is 6.38. The molecule has 0 aliphatic rings. The SMILES string of the molecule is O=c1c2ncccc2ncn1Cc1ccc(-c2cccc3[nH]ncc23)cc1. The Labute approximate surface area is 154 Å². The van der Waals surface area contributed by atoms with Gasteiger partial charge in [0.1, 0.15) is 0 Å². The number of hydrogen-bond donors (Lipinski definition) is 1. The van der Waals surface area contributed by atoms with Crippen LogP contribution in [-0.2, 0) is 6.54 Å². The van der Waals surface area contributed by atoms with Gasteiger partial charge in [0.15, 0.2) is 5.52 Å². The number of aromatic nitrogens is 5. The van der Waals surface area contributed by atoms with E-state index in [0.29, 0.717) is 17.6 Å². The summed E-state index contributed by atoms with van der Waals surface area (Å²) in [6.45, 7) is 0.453. The number of hydrogen-bond acceptors (Lipinski definition) is 4. The van der Waals surface area contributed by atoms with E-state index in [-0.39, 0.29) is 5.56 Å². The monoisotopic (exact) mass is 353 g/mol. The van der Waals surface area contributed by atoms with Crippen LogP contribution in [0.1, 0.15) is 5.56 Å². The number of fused-ring (bicyclic) bond motifs is 2. The van der Waals surface area contributed by atoms with E-state index < -0.39 is 0 Å². The van der Waals surface area contributed by atoms with Gasteiger partial charge in [-0.3, -0.25) is 14.5 Å². The van der Waals surface area contributed by atoms with Crippen molar-refractivity contribution >= 4 is 21.9 Å². The molecule has 5 rings (SSSR count). The molecule has 0 atom stereocenters. The van der Waals surface area contributed by atoms with E-state index in [4.69, 9.17) is 0 Å². The number of rotatable bonds is 3. The molecule has 2 aromatic carbocycles. The maximum absolute atomic E-state index is 12.6. The van der Waals surface area contributed by atoms with Crippen LogP contribution >= 0.6 is 0 Å². The second-order valence-electron chi connectivity index (χ2n) is 6.38. The first-order valence-electron chi connectivity index (χ1n) is 8.61. The van der Waals surface area contributed by atoms with Crippen LogP contribution in [0.5, 0.6) is 0 Å². The van der Waals surface area contributed by atoms with Crippen molar-refractivity contribution in [3.05, 3.63) is 89.2 Å². The summed E-state index contributed by atoms with van der Waals surface area (Å²) in [6, 6.07) is 17.9. The van der Waals surface area contributed by atoms with Crippen molar-refractivity contribution < 1.29 is 0 Å². The van der Waals surface area contributed by atoms with Crippen molar-refractivity contribution in [2.75, 3.05) is 0 Å². The highest BCUT2D eigenvalue weighted by Gasteiger charge is 2.07. The molecule has 1 N–H and O–H groups in total. The molecule has 27 heavy (non-hydrogen) atoms. The molecule has 6 heteroatoms. The molecule has 0 fully saturated rings. The fourth-order valence-electron chi connectivity index (χ4n) is 3.31. The van der Waals surface area contributed by atoms with Crippen molar-refractivity contribution in [1.29, 1.82) is 0 Å². The van der Waals surface area contributed by atoms with E-state index in [1.165, 1.54) is 0 Å². The summed E-state index contributed by atoms with van der Waals surface area (Å²) in [5.74, 6) is 0. The van der Waals surface area contributed by atoms with Gasteiger partial charge in [0.05, 0.1) is 30.1 Å². The first-order chi connectivity index (χ1) is 13.3. The Bertz CT molecular complexity index is 1320. The van der Waals surface area contributed by atoms with Gasteiger partial charge in [-0.2, -0.15) is 5.10 Å². The zero-order valence-corrected chi connectivity index (χ0v) is 14.3. The lowest BCUT2D eigenvalue weighted by atomic mass is 10.0. The highest BCUT2D eigenvalue weighted by atomic mass is 16.1. The number of H-pyrrole nitrogens is 1. The van der Waals surface area contributed by atoms with Crippen LogP contribution in [0.2, 0.25) is 0 Å². The standard InChI is InChI=1S/C21H15N5O/c27-21-20-19(5-2-10-22-20)23-13-26(21)12-14-6-8-15(9-7-14)16-3-1-4-18-17(16)11-24-25-18/h1-11,13H,12H2,(H,24,25). The maximum Gasteiger partial charge on any atom is 0.280 e. The number of aromatic amines is 1. The molecule has 0 radical (unpaired) electrons. The highest BCUT2D eigenvalue weighted by Crippen LogP contribution is 2.27. The molecule has 0 bridgehead atoms. The Balaban J connectivity index is 1.49. The van der Waals surface area contributed by atoms with Crippen molar-refractivity contribution in [3.63, 3.8) is 0 Å². The van der Waals surface area contributed by atoms with Crippen LogP contribution < -0.4 is 5.56 Å². The smallest absolute Gasteiger partial charge is 0.280 e. The van der Waals surface area contributed by atoms with E-state index >= 15 is 0 Å². The van der Waals surface area contributed by atoms with Gasteiger partial charge in [0, 0.05) is 11.6 Å². The molecule has 130 valence electrons. The second kappa shape index (κ2) is 6.17. The first kappa shape index (κ1) is 15.5. The quantitative estimate of drug-likeness (QED) is 0.539. The fourth-order valence-corrected chi connectivity index (χ4v) is 3.31. The molecular weight excluding hydrogens is 338 g/mol. The Morgan fingerprint density at radius 1 is 0.963 bits per heavy atom. The average molecular weight is 353 g/mol. The predicted octanol–water partition coefficient (Wildman–Crippen LogP) is 3.38. The van der Waals surface area contributed by atoms with E-state index in [1.807, 2.05) is 30.5 Å². The Kier molecular flexibility index (Phi) is 3.53. The number of benzene rings is 2. The minimum atomic E-state index is -0.132. The third-order valence-corrected chi connectivity index (χ3v) is 4.69. The molecule has 5 aromatic rings. The number of nitrogens with zero attached hydrogens (tertiary/aromatic N) is 4. The first-order valence-corrected chi connectivity index (χ1v) is 8.61. The van der Waals surface area contributed by atoms with Crippen molar-refractivity contribution in [2.45, 2.75) is 6.54 Å². The Morgan fingerprint density at radius 3 is 2.74 bits per heavy atom. The van der Waals surface area contributed by atoms with Crippen LogP contribution in [0, 0.1) is 0 Å². The summed E-state index contributed by atoms with van der Waals surface area (Å²) >= 11 is 0. The molecule has 6 nitrogen and oxygen atoms in total. The normalized spacial score (nSPS) is 11.3. The van der Waals surface area contributed by atoms with Gasteiger partial charge >= 0.3 is 0 Å². The zero-order chi connectivity index (χ0) is 18.2. The third kappa shape index (κ3) is 2.67. The summed E-state index contributed by atoms with van der Waals surface area (Å²) in [6.07, 6.45) is 5.03. The van der Waals surface area contributed by atoms with Crippen LogP contribution in [-0.4, -0.2) is 24.7 Å². The summed E-state index contributed by atoms with van der Waals surface area (Å²) in [5.41, 5.74) is 5.14. The van der Waals surface area contributed by atoms with E-state index in [9.17, 15) is 4.79 Å². The van der Waals surface area contributed by atoms with Crippen LogP contribution in [0.15, 0.2) is 78.1 Å². The molecule has 0 saturated carbocycles. The molecule has 3 heterocycles. The topological polar surface area (TPSA) is 76.5 Å². The largest absolute Gasteiger partial charge is 0.293 e. The molecule has 0 aliphatic carbocycles. The van der Waals surface area contributed by atoms with Gasteiger partial charge in [0.25, 0.3) is 5.56 Å². The van der Waals surface area contributed by atoms with Crippen molar-refractivity contribution in [2.24, 2.45) is 0 Å². The summed E-state index contributed by atoms with van der Waals surface area (Å²) < 4.78 is 1.58. The lowest BCUT2D eigenvalue weighted by Crippen LogP contribution is -2.21. The van der Waals surface area contributed by atoms with E-state index in [2.05, 4.69) is 38.4 Å². The molecule has 3 aromatic heterocycles. The number of pyridine rings is 1. The minimum Gasteiger partial charge on any atom is -0.293 e. The molecule has 0 aliphatic heterocycles. The van der Waals surface area contributed by atoms with Gasteiger partial charge in [-0.1, -0.05) is 36.4 Å². The molecule has 0 amide bonds. The zero-order valence-electron chi connectivity index (χ0n) is 14.3. The van der Waals surface area contributed by atoms with Crippen LogP contribution in [0.4, 0.5) is 0 Å². The summed E-state index contributed by atoms with van der Waals surface area (Å²) in [7, 11) is 0.